The van der Waals surface area contributed by atoms with Crippen LogP contribution in [0.5, 0.6) is 0 Å². The molecule has 1 atom stereocenters. The topological polar surface area (TPSA) is 187 Å². The van der Waals surface area contributed by atoms with Gasteiger partial charge in [-0.1, -0.05) is 62.3 Å². The first-order valence-electron chi connectivity index (χ1n) is 19.6. The first-order chi connectivity index (χ1) is 27.7. The smallest absolute Gasteiger partial charge is 0.328 e. The number of nitrogens with two attached hydrogens (primary N) is 1. The van der Waals surface area contributed by atoms with Crippen LogP contribution in [0.1, 0.15) is 84.5 Å². The number of amides is 4. The molecule has 14 heteroatoms. The summed E-state index contributed by atoms with van der Waals surface area (Å²) in [6.45, 7) is 14.8. The SMILES string of the molecule is Cc1cc(C(=N)c2cc(-c3ccc(N4CCN(CCc5ccc(N6CCC(=O)NC6=O)cc5)CC4)cc3)cnc2N)ccc1[C@@H](C)NC(=O)c1noc(C(C)(C)C)n1. The second kappa shape index (κ2) is 16.6. The number of rotatable bonds is 11. The minimum atomic E-state index is -0.422. The van der Waals surface area contributed by atoms with E-state index in [-0.39, 0.29) is 40.7 Å². The van der Waals surface area contributed by atoms with Crippen LogP contribution in [0.4, 0.5) is 22.0 Å². The quantitative estimate of drug-likeness (QED) is 0.115. The van der Waals surface area contributed by atoms with E-state index >= 15 is 0 Å². The van der Waals surface area contributed by atoms with Crippen molar-refractivity contribution in [3.8, 4) is 11.1 Å². The fraction of sp³-hybridized carbons (Fsp3) is 0.341. The van der Waals surface area contributed by atoms with Crippen LogP contribution >= 0.6 is 0 Å². The monoisotopic (exact) mass is 782 g/mol. The highest BCUT2D eigenvalue weighted by molar-refractivity contribution is 6.14. The third-order valence-corrected chi connectivity index (χ3v) is 10.8. The van der Waals surface area contributed by atoms with Crippen LogP contribution in [0, 0.1) is 12.3 Å². The maximum absolute atomic E-state index is 12.9. The van der Waals surface area contributed by atoms with Gasteiger partial charge in [-0.2, -0.15) is 4.98 Å². The highest BCUT2D eigenvalue weighted by Crippen LogP contribution is 2.28. The Balaban J connectivity index is 0.924. The molecule has 58 heavy (non-hydrogen) atoms. The molecule has 0 spiro atoms. The third kappa shape index (κ3) is 8.92. The molecule has 2 aliphatic rings. The molecule has 7 rings (SSSR count). The van der Waals surface area contributed by atoms with Crippen molar-refractivity contribution in [3.05, 3.63) is 119 Å². The fourth-order valence-electron chi connectivity index (χ4n) is 7.30. The van der Waals surface area contributed by atoms with Gasteiger partial charge in [0.05, 0.1) is 11.8 Å². The van der Waals surface area contributed by atoms with E-state index in [4.69, 9.17) is 15.7 Å². The first-order valence-corrected chi connectivity index (χ1v) is 19.6. The molecule has 2 aromatic heterocycles. The Labute approximate surface area is 338 Å². The summed E-state index contributed by atoms with van der Waals surface area (Å²) in [5.74, 6) is 0.0121. The molecule has 2 fully saturated rings. The van der Waals surface area contributed by atoms with E-state index in [0.717, 1.165) is 72.8 Å². The van der Waals surface area contributed by atoms with Crippen LogP contribution in [0.25, 0.3) is 11.1 Å². The van der Waals surface area contributed by atoms with E-state index in [9.17, 15) is 14.4 Å². The first kappa shape index (κ1) is 39.8. The summed E-state index contributed by atoms with van der Waals surface area (Å²) in [6, 6.07) is 23.4. The lowest BCUT2D eigenvalue weighted by molar-refractivity contribution is -0.120. The minimum Gasteiger partial charge on any atom is -0.383 e. The lowest BCUT2D eigenvalue weighted by Crippen LogP contribution is -2.49. The molecule has 2 saturated heterocycles. The number of carbonyl (C=O) groups is 3. The second-order valence-electron chi connectivity index (χ2n) is 16.0. The van der Waals surface area contributed by atoms with Crippen molar-refractivity contribution >= 4 is 40.7 Å². The molecular formula is C44H50N10O4. The van der Waals surface area contributed by atoms with Gasteiger partial charge in [0, 0.05) is 85.4 Å². The fourth-order valence-corrected chi connectivity index (χ4v) is 7.30. The molecule has 0 aliphatic carbocycles. The van der Waals surface area contributed by atoms with Crippen molar-refractivity contribution in [1.29, 1.82) is 5.41 Å². The summed E-state index contributed by atoms with van der Waals surface area (Å²) in [7, 11) is 0. The number of carbonyl (C=O) groups excluding carboxylic acids is 3. The summed E-state index contributed by atoms with van der Waals surface area (Å²) >= 11 is 0. The van der Waals surface area contributed by atoms with Gasteiger partial charge in [0.15, 0.2) is 0 Å². The van der Waals surface area contributed by atoms with E-state index in [1.165, 1.54) is 5.56 Å². The van der Waals surface area contributed by atoms with Crippen LogP contribution < -0.4 is 26.2 Å². The van der Waals surface area contributed by atoms with Gasteiger partial charge in [-0.3, -0.25) is 30.1 Å². The molecule has 4 heterocycles. The molecule has 0 radical (unpaired) electrons. The van der Waals surface area contributed by atoms with Crippen LogP contribution in [0.3, 0.4) is 0 Å². The van der Waals surface area contributed by atoms with Gasteiger partial charge in [-0.05, 0) is 78.9 Å². The molecule has 0 unspecified atom stereocenters. The molecule has 4 amide bonds. The number of urea groups is 1. The summed E-state index contributed by atoms with van der Waals surface area (Å²) in [5, 5.41) is 18.3. The summed E-state index contributed by atoms with van der Waals surface area (Å²) in [5.41, 5.74) is 14.3. The second-order valence-corrected chi connectivity index (χ2v) is 16.0. The highest BCUT2D eigenvalue weighted by Gasteiger charge is 2.26. The Hall–Kier alpha value is -6.41. The molecule has 14 nitrogen and oxygen atoms in total. The number of pyridine rings is 1. The molecule has 0 saturated carbocycles. The maximum Gasteiger partial charge on any atom is 0.328 e. The predicted octanol–water partition coefficient (Wildman–Crippen LogP) is 6.04. The zero-order valence-electron chi connectivity index (χ0n) is 33.6. The third-order valence-electron chi connectivity index (χ3n) is 10.8. The van der Waals surface area contributed by atoms with Crippen LogP contribution in [-0.4, -0.2) is 82.9 Å². The Morgan fingerprint density at radius 1 is 0.948 bits per heavy atom. The van der Waals surface area contributed by atoms with Crippen molar-refractivity contribution < 1.29 is 18.9 Å². The Morgan fingerprint density at radius 3 is 2.31 bits per heavy atom. The number of imide groups is 1. The van der Waals surface area contributed by atoms with Crippen molar-refractivity contribution in [3.63, 3.8) is 0 Å². The zero-order chi connectivity index (χ0) is 41.1. The number of nitrogens with one attached hydrogen (secondary N) is 3. The van der Waals surface area contributed by atoms with Crippen molar-refractivity contribution in [1.82, 2.24) is 30.7 Å². The van der Waals surface area contributed by atoms with Crippen LogP contribution in [-0.2, 0) is 16.6 Å². The average Bonchev–Trinajstić information content (AvgIpc) is 3.73. The number of benzene rings is 3. The summed E-state index contributed by atoms with van der Waals surface area (Å²) in [4.78, 5) is 51.7. The minimum absolute atomic E-state index is 0.00937. The van der Waals surface area contributed by atoms with E-state index < -0.39 is 5.91 Å². The largest absolute Gasteiger partial charge is 0.383 e. The number of hydrogen-bond donors (Lipinski definition) is 4. The summed E-state index contributed by atoms with van der Waals surface area (Å²) in [6.07, 6.45) is 2.97. The Morgan fingerprint density at radius 2 is 1.66 bits per heavy atom. The van der Waals surface area contributed by atoms with E-state index in [1.54, 1.807) is 11.1 Å². The van der Waals surface area contributed by atoms with Gasteiger partial charge in [-0.25, -0.2) is 9.78 Å². The average molecular weight is 783 g/mol. The lowest BCUT2D eigenvalue weighted by atomic mass is 9.94. The Kier molecular flexibility index (Phi) is 11.4. The molecule has 0 bridgehead atoms. The zero-order valence-corrected chi connectivity index (χ0v) is 33.6. The standard InChI is InChI=1S/C44H50N10O4/c1-27-24-31(10-15-35(27)28(2)48-41(56)40-50-42(58-51-40)44(3,4)5)38(45)36-25-32(26-47-39(36)46)30-8-13-33(14-9-30)53-22-20-52(21-23-53)18-16-29-6-11-34(12-7-29)54-19-17-37(55)49-43(54)57/h6-15,24-26,28,45H,16-23H2,1-5H3,(H2,46,47)(H,48,56)(H,49,55,57)/t28-/m1/s1. The van der Waals surface area contributed by atoms with Gasteiger partial charge in [0.25, 0.3) is 11.7 Å². The molecule has 5 N–H and O–H groups in total. The van der Waals surface area contributed by atoms with Crippen LogP contribution in [0.2, 0.25) is 0 Å². The predicted molar refractivity (Wildman–Crippen MR) is 224 cm³/mol. The van der Waals surface area contributed by atoms with Crippen molar-refractivity contribution in [2.45, 2.75) is 58.9 Å². The highest BCUT2D eigenvalue weighted by atomic mass is 16.5. The molecular weight excluding hydrogens is 733 g/mol. The van der Waals surface area contributed by atoms with E-state index in [1.807, 2.05) is 71.0 Å². The van der Waals surface area contributed by atoms with Gasteiger partial charge in [0.2, 0.25) is 11.8 Å². The molecule has 2 aliphatic heterocycles. The number of nitrogens with zero attached hydrogens (tertiary/aromatic N) is 6. The molecule has 3 aromatic carbocycles. The van der Waals surface area contributed by atoms with Gasteiger partial charge >= 0.3 is 6.03 Å². The summed E-state index contributed by atoms with van der Waals surface area (Å²) < 4.78 is 5.28. The van der Waals surface area contributed by atoms with Crippen molar-refractivity contribution in [2.75, 3.05) is 54.8 Å². The number of aromatic nitrogens is 3. The van der Waals surface area contributed by atoms with Gasteiger partial charge in [-0.15, -0.1) is 0 Å². The normalized spacial score (nSPS) is 15.6. The maximum atomic E-state index is 12.9. The van der Waals surface area contributed by atoms with E-state index in [2.05, 4.69) is 72.0 Å². The van der Waals surface area contributed by atoms with Crippen molar-refractivity contribution in [2.24, 2.45) is 0 Å². The van der Waals surface area contributed by atoms with Crippen LogP contribution in [0.15, 0.2) is 83.5 Å². The van der Waals surface area contributed by atoms with E-state index in [0.29, 0.717) is 30.0 Å². The number of hydrogen-bond acceptors (Lipinski definition) is 11. The Bertz CT molecular complexity index is 2320. The van der Waals surface area contributed by atoms with Gasteiger partial charge < -0.3 is 20.5 Å². The number of piperazine rings is 1. The molecule has 300 valence electrons. The number of nitrogen functional groups attached to an aromatic ring is 1. The molecule has 5 aromatic rings. The number of aryl methyl sites for hydroxylation is 1. The van der Waals surface area contributed by atoms with Gasteiger partial charge in [0.1, 0.15) is 5.82 Å². The number of anilines is 3. The lowest BCUT2D eigenvalue weighted by Gasteiger charge is -2.36.